The van der Waals surface area contributed by atoms with E-state index in [-0.39, 0.29) is 11.4 Å². The number of nitrogens with zero attached hydrogens (tertiary/aromatic N) is 4. The first-order valence-electron chi connectivity index (χ1n) is 8.34. The van der Waals surface area contributed by atoms with Crippen LogP contribution in [-0.4, -0.2) is 10.7 Å². The van der Waals surface area contributed by atoms with Gasteiger partial charge in [0.25, 0.3) is 11.5 Å². The zero-order valence-corrected chi connectivity index (χ0v) is 12.9. The third-order valence-electron chi connectivity index (χ3n) is 6.21. The van der Waals surface area contributed by atoms with Gasteiger partial charge < -0.3 is 9.47 Å². The van der Waals surface area contributed by atoms with Crippen LogP contribution in [0.3, 0.4) is 0 Å². The molecule has 124 valence electrons. The summed E-state index contributed by atoms with van der Waals surface area (Å²) in [4.78, 5) is 13.4. The molecule has 4 bridgehead atoms. The zero-order valence-electron chi connectivity index (χ0n) is 12.9. The summed E-state index contributed by atoms with van der Waals surface area (Å²) in [7, 11) is 0. The fourth-order valence-electron chi connectivity index (χ4n) is 5.51. The highest BCUT2D eigenvalue weighted by molar-refractivity contribution is 5.66. The summed E-state index contributed by atoms with van der Waals surface area (Å²) in [5.74, 6) is 2.37. The smallest absolute Gasteiger partial charge is 0.282 e. The van der Waals surface area contributed by atoms with Gasteiger partial charge in [-0.05, 0) is 49.5 Å². The molecule has 0 amide bonds. The van der Waals surface area contributed by atoms with Crippen molar-refractivity contribution < 1.29 is 14.4 Å². The van der Waals surface area contributed by atoms with E-state index in [1.165, 1.54) is 18.6 Å². The molecule has 24 heavy (non-hydrogen) atoms. The minimum absolute atomic E-state index is 0.0364. The lowest BCUT2D eigenvalue weighted by Gasteiger charge is -2.57. The SMILES string of the molecule is [N-]=[N+]=Nc1cc2c(cc1[N+](=O)[O-])OC1(O2)C2CC3CC(C2)CC1C3. The van der Waals surface area contributed by atoms with Gasteiger partial charge in [0, 0.05) is 22.8 Å². The Bertz CT molecular complexity index is 741. The number of azide groups is 1. The highest BCUT2D eigenvalue weighted by Gasteiger charge is 2.63. The van der Waals surface area contributed by atoms with E-state index < -0.39 is 10.7 Å². The van der Waals surface area contributed by atoms with Crippen LogP contribution in [0, 0.1) is 33.8 Å². The number of hydrogen-bond acceptors (Lipinski definition) is 5. The Hall–Kier alpha value is -2.47. The molecule has 8 nitrogen and oxygen atoms in total. The van der Waals surface area contributed by atoms with Gasteiger partial charge in [0.1, 0.15) is 5.69 Å². The number of ether oxygens (including phenoxy) is 2. The van der Waals surface area contributed by atoms with Crippen LogP contribution >= 0.6 is 0 Å². The molecule has 0 N–H and O–H groups in total. The van der Waals surface area contributed by atoms with Crippen molar-refractivity contribution in [3.63, 3.8) is 0 Å². The van der Waals surface area contributed by atoms with Crippen LogP contribution in [-0.2, 0) is 0 Å². The van der Waals surface area contributed by atoms with E-state index in [0.29, 0.717) is 23.3 Å². The van der Waals surface area contributed by atoms with Gasteiger partial charge in [-0.2, -0.15) is 0 Å². The van der Waals surface area contributed by atoms with E-state index in [9.17, 15) is 10.1 Å². The Kier molecular flexibility index (Phi) is 2.63. The predicted octanol–water partition coefficient (Wildman–Crippen LogP) is 4.46. The maximum absolute atomic E-state index is 11.2. The van der Waals surface area contributed by atoms with Gasteiger partial charge in [-0.25, -0.2) is 0 Å². The summed E-state index contributed by atoms with van der Waals surface area (Å²) in [5.41, 5.74) is 8.36. The van der Waals surface area contributed by atoms with Crippen LogP contribution in [0.4, 0.5) is 11.4 Å². The van der Waals surface area contributed by atoms with E-state index in [1.807, 2.05) is 0 Å². The molecule has 1 heterocycles. The molecule has 5 aliphatic rings. The summed E-state index contributed by atoms with van der Waals surface area (Å²) in [6, 6.07) is 2.77. The van der Waals surface area contributed by atoms with Crippen molar-refractivity contribution in [1.82, 2.24) is 0 Å². The molecule has 0 saturated heterocycles. The Balaban J connectivity index is 1.57. The molecular formula is C16H16N4O4. The van der Waals surface area contributed by atoms with Crippen LogP contribution in [0.2, 0.25) is 0 Å². The number of nitro groups is 1. The third-order valence-corrected chi connectivity index (χ3v) is 6.21. The van der Waals surface area contributed by atoms with Crippen LogP contribution in [0.5, 0.6) is 11.5 Å². The fraction of sp³-hybridized carbons (Fsp3) is 0.625. The minimum Gasteiger partial charge on any atom is -0.448 e. The van der Waals surface area contributed by atoms with E-state index in [0.717, 1.165) is 37.5 Å². The molecule has 0 atom stereocenters. The predicted molar refractivity (Wildman–Crippen MR) is 82.9 cm³/mol. The number of hydrogen-bond donors (Lipinski definition) is 0. The highest BCUT2D eigenvalue weighted by Crippen LogP contribution is 2.63. The Labute approximate surface area is 137 Å². The van der Waals surface area contributed by atoms with Crippen LogP contribution < -0.4 is 9.47 Å². The van der Waals surface area contributed by atoms with Gasteiger partial charge in [-0.3, -0.25) is 10.1 Å². The number of fused-ring (bicyclic) bond motifs is 1. The topological polar surface area (TPSA) is 110 Å². The molecule has 1 aromatic carbocycles. The maximum Gasteiger partial charge on any atom is 0.282 e. The van der Waals surface area contributed by atoms with Crippen LogP contribution in [0.15, 0.2) is 17.2 Å². The molecule has 1 aromatic rings. The molecular weight excluding hydrogens is 312 g/mol. The monoisotopic (exact) mass is 328 g/mol. The third kappa shape index (κ3) is 1.72. The highest BCUT2D eigenvalue weighted by atomic mass is 16.7. The van der Waals surface area contributed by atoms with Crippen molar-refractivity contribution in [2.45, 2.75) is 37.9 Å². The number of benzene rings is 1. The summed E-state index contributed by atoms with van der Waals surface area (Å²) < 4.78 is 12.5. The second kappa shape index (κ2) is 4.54. The van der Waals surface area contributed by atoms with Crippen molar-refractivity contribution in [3.8, 4) is 11.5 Å². The molecule has 8 heteroatoms. The fourth-order valence-corrected chi connectivity index (χ4v) is 5.51. The number of rotatable bonds is 2. The van der Waals surface area contributed by atoms with Crippen molar-refractivity contribution in [3.05, 3.63) is 32.7 Å². The summed E-state index contributed by atoms with van der Waals surface area (Å²) >= 11 is 0. The quantitative estimate of drug-likeness (QED) is 0.262. The summed E-state index contributed by atoms with van der Waals surface area (Å²) in [6.45, 7) is 0. The molecule has 0 unspecified atom stereocenters. The summed E-state index contributed by atoms with van der Waals surface area (Å²) in [6.07, 6.45) is 5.74. The Morgan fingerprint density at radius 3 is 2.25 bits per heavy atom. The van der Waals surface area contributed by atoms with E-state index in [2.05, 4.69) is 10.0 Å². The minimum atomic E-state index is -0.682. The first kappa shape index (κ1) is 13.9. The van der Waals surface area contributed by atoms with Gasteiger partial charge >= 0.3 is 0 Å². The molecule has 4 saturated carbocycles. The molecule has 0 aromatic heterocycles. The van der Waals surface area contributed by atoms with Gasteiger partial charge in [0.05, 0.1) is 11.0 Å². The van der Waals surface area contributed by atoms with Crippen LogP contribution in [0.25, 0.3) is 10.4 Å². The molecule has 1 aliphatic heterocycles. The van der Waals surface area contributed by atoms with Gasteiger partial charge in [0.15, 0.2) is 11.5 Å². The lowest BCUT2D eigenvalue weighted by Crippen LogP contribution is -2.62. The lowest BCUT2D eigenvalue weighted by molar-refractivity contribution is -0.384. The lowest BCUT2D eigenvalue weighted by atomic mass is 9.53. The standard InChI is InChI=1S/C16H16N4O4/c17-19-18-12-6-14-15(7-13(12)20(21)22)24-16(23-14)10-2-8-1-9(4-10)5-11(16)3-8/h6-11H,1-5H2. The van der Waals surface area contributed by atoms with Crippen LogP contribution in [0.1, 0.15) is 32.1 Å². The van der Waals surface area contributed by atoms with E-state index in [1.54, 1.807) is 0 Å². The molecule has 4 fully saturated rings. The maximum atomic E-state index is 11.2. The zero-order chi connectivity index (χ0) is 16.5. The van der Waals surface area contributed by atoms with E-state index in [4.69, 9.17) is 15.0 Å². The largest absolute Gasteiger partial charge is 0.448 e. The van der Waals surface area contributed by atoms with Gasteiger partial charge in [-0.1, -0.05) is 5.11 Å². The van der Waals surface area contributed by atoms with Gasteiger partial charge in [0.2, 0.25) is 0 Å². The normalized spacial score (nSPS) is 37.5. The molecule has 0 radical (unpaired) electrons. The first-order valence-corrected chi connectivity index (χ1v) is 8.34. The van der Waals surface area contributed by atoms with Crippen molar-refractivity contribution >= 4 is 11.4 Å². The Morgan fingerprint density at radius 2 is 1.71 bits per heavy atom. The molecule has 4 aliphatic carbocycles. The van der Waals surface area contributed by atoms with E-state index >= 15 is 0 Å². The van der Waals surface area contributed by atoms with Crippen molar-refractivity contribution in [2.24, 2.45) is 28.8 Å². The second-order valence-corrected chi connectivity index (χ2v) is 7.46. The average Bonchev–Trinajstić information content (AvgIpc) is 2.91. The van der Waals surface area contributed by atoms with Crippen molar-refractivity contribution in [1.29, 1.82) is 0 Å². The number of nitro benzene ring substituents is 1. The molecule has 1 spiro atoms. The van der Waals surface area contributed by atoms with Crippen molar-refractivity contribution in [2.75, 3.05) is 0 Å². The summed E-state index contributed by atoms with van der Waals surface area (Å²) in [5, 5.41) is 14.7. The first-order chi connectivity index (χ1) is 11.6. The molecule has 6 rings (SSSR count). The Morgan fingerprint density at radius 1 is 1.12 bits per heavy atom. The average molecular weight is 328 g/mol. The second-order valence-electron chi connectivity index (χ2n) is 7.46. The van der Waals surface area contributed by atoms with Gasteiger partial charge in [-0.15, -0.1) is 0 Å².